The highest BCUT2D eigenvalue weighted by Gasteiger charge is 2.08. The summed E-state index contributed by atoms with van der Waals surface area (Å²) in [6.07, 6.45) is 1.67. The third-order valence-corrected chi connectivity index (χ3v) is 4.55. The van der Waals surface area contributed by atoms with Gasteiger partial charge in [-0.15, -0.1) is 11.3 Å². The number of nitrogens with one attached hydrogen (secondary N) is 2. The van der Waals surface area contributed by atoms with Crippen molar-refractivity contribution in [3.05, 3.63) is 52.0 Å². The molecular weight excluding hydrogens is 282 g/mol. The summed E-state index contributed by atoms with van der Waals surface area (Å²) in [6.45, 7) is 2.67. The molecule has 0 aliphatic rings. The SMILES string of the molecule is CCc1ccc(C(=O)NCCc2nc3ccccc3[nH]2)s1. The topological polar surface area (TPSA) is 57.8 Å². The Morgan fingerprint density at radius 2 is 2.14 bits per heavy atom. The number of amides is 1. The molecule has 0 bridgehead atoms. The smallest absolute Gasteiger partial charge is 0.261 e. The molecule has 2 aromatic heterocycles. The van der Waals surface area contributed by atoms with Crippen LogP contribution in [0.1, 0.15) is 27.3 Å². The number of fused-ring (bicyclic) bond motifs is 1. The monoisotopic (exact) mass is 299 g/mol. The number of hydrogen-bond acceptors (Lipinski definition) is 3. The second-order valence-electron chi connectivity index (χ2n) is 4.83. The van der Waals surface area contributed by atoms with E-state index in [0.29, 0.717) is 13.0 Å². The molecule has 3 rings (SSSR count). The second kappa shape index (κ2) is 6.10. The van der Waals surface area contributed by atoms with Gasteiger partial charge in [-0.3, -0.25) is 4.79 Å². The minimum absolute atomic E-state index is 0.00388. The lowest BCUT2D eigenvalue weighted by Gasteiger charge is -2.01. The Kier molecular flexibility index (Phi) is 4.01. The van der Waals surface area contributed by atoms with Gasteiger partial charge in [-0.1, -0.05) is 19.1 Å². The van der Waals surface area contributed by atoms with Crippen molar-refractivity contribution in [2.75, 3.05) is 6.54 Å². The first-order chi connectivity index (χ1) is 10.3. The van der Waals surface area contributed by atoms with Gasteiger partial charge in [0.1, 0.15) is 5.82 Å². The Morgan fingerprint density at radius 1 is 1.29 bits per heavy atom. The van der Waals surface area contributed by atoms with E-state index in [-0.39, 0.29) is 5.91 Å². The average Bonchev–Trinajstić information content (AvgIpc) is 3.13. The number of thiophene rings is 1. The van der Waals surface area contributed by atoms with E-state index in [1.54, 1.807) is 11.3 Å². The zero-order valence-corrected chi connectivity index (χ0v) is 12.7. The molecule has 0 aliphatic carbocycles. The van der Waals surface area contributed by atoms with Crippen LogP contribution in [-0.2, 0) is 12.8 Å². The maximum Gasteiger partial charge on any atom is 0.261 e. The van der Waals surface area contributed by atoms with Crippen LogP contribution in [-0.4, -0.2) is 22.4 Å². The molecule has 0 unspecified atom stereocenters. The van der Waals surface area contributed by atoms with Crippen LogP contribution in [0.4, 0.5) is 0 Å². The quantitative estimate of drug-likeness (QED) is 0.760. The Morgan fingerprint density at radius 3 is 2.90 bits per heavy atom. The zero-order chi connectivity index (χ0) is 14.7. The lowest BCUT2D eigenvalue weighted by molar-refractivity contribution is 0.0958. The first-order valence-electron chi connectivity index (χ1n) is 7.07. The summed E-state index contributed by atoms with van der Waals surface area (Å²) in [5.74, 6) is 0.896. The molecule has 0 saturated carbocycles. The molecule has 1 amide bonds. The third-order valence-electron chi connectivity index (χ3n) is 3.32. The highest BCUT2D eigenvalue weighted by molar-refractivity contribution is 7.14. The summed E-state index contributed by atoms with van der Waals surface area (Å²) >= 11 is 1.56. The van der Waals surface area contributed by atoms with Crippen LogP contribution in [0.2, 0.25) is 0 Å². The number of nitrogens with zero attached hydrogens (tertiary/aromatic N) is 1. The van der Waals surface area contributed by atoms with E-state index in [2.05, 4.69) is 22.2 Å². The fourth-order valence-corrected chi connectivity index (χ4v) is 3.06. The van der Waals surface area contributed by atoms with E-state index in [1.165, 1.54) is 4.88 Å². The first-order valence-corrected chi connectivity index (χ1v) is 7.88. The molecule has 2 heterocycles. The van der Waals surface area contributed by atoms with E-state index < -0.39 is 0 Å². The first kappa shape index (κ1) is 13.8. The van der Waals surface area contributed by atoms with E-state index in [1.807, 2.05) is 36.4 Å². The van der Waals surface area contributed by atoms with Gasteiger partial charge in [0.25, 0.3) is 5.91 Å². The largest absolute Gasteiger partial charge is 0.351 e. The summed E-state index contributed by atoms with van der Waals surface area (Å²) in [6, 6.07) is 11.8. The number of hydrogen-bond donors (Lipinski definition) is 2. The number of benzene rings is 1. The lowest BCUT2D eigenvalue weighted by atomic mass is 10.3. The van der Waals surface area contributed by atoms with Crippen LogP contribution in [0.3, 0.4) is 0 Å². The van der Waals surface area contributed by atoms with E-state index in [0.717, 1.165) is 28.2 Å². The van der Waals surface area contributed by atoms with Crippen LogP contribution in [0.15, 0.2) is 36.4 Å². The van der Waals surface area contributed by atoms with Gasteiger partial charge in [0.05, 0.1) is 15.9 Å². The van der Waals surface area contributed by atoms with Crippen molar-refractivity contribution in [2.24, 2.45) is 0 Å². The fourth-order valence-electron chi connectivity index (χ4n) is 2.20. The molecule has 5 heteroatoms. The minimum Gasteiger partial charge on any atom is -0.351 e. The third kappa shape index (κ3) is 3.13. The lowest BCUT2D eigenvalue weighted by Crippen LogP contribution is -2.25. The van der Waals surface area contributed by atoms with Crippen LogP contribution in [0.25, 0.3) is 11.0 Å². The van der Waals surface area contributed by atoms with E-state index >= 15 is 0 Å². The van der Waals surface area contributed by atoms with Crippen molar-refractivity contribution < 1.29 is 4.79 Å². The average molecular weight is 299 g/mol. The van der Waals surface area contributed by atoms with Crippen molar-refractivity contribution in [1.82, 2.24) is 15.3 Å². The van der Waals surface area contributed by atoms with Gasteiger partial charge >= 0.3 is 0 Å². The maximum atomic E-state index is 12.0. The number of imidazole rings is 1. The van der Waals surface area contributed by atoms with Gasteiger partial charge in [-0.25, -0.2) is 4.98 Å². The molecule has 0 radical (unpaired) electrons. The number of para-hydroxylation sites is 2. The molecular formula is C16H17N3OS. The fraction of sp³-hybridized carbons (Fsp3) is 0.250. The van der Waals surface area contributed by atoms with E-state index in [4.69, 9.17) is 0 Å². The van der Waals surface area contributed by atoms with Crippen LogP contribution < -0.4 is 5.32 Å². The van der Waals surface area contributed by atoms with Gasteiger partial charge < -0.3 is 10.3 Å². The standard InChI is InChI=1S/C16H17N3OS/c1-2-11-7-8-14(21-11)16(20)17-10-9-15-18-12-5-3-4-6-13(12)19-15/h3-8H,2,9-10H2,1H3,(H,17,20)(H,18,19). The molecule has 21 heavy (non-hydrogen) atoms. The Balaban J connectivity index is 1.56. The Labute approximate surface area is 127 Å². The normalized spacial score (nSPS) is 10.9. The van der Waals surface area contributed by atoms with Crippen LogP contribution in [0.5, 0.6) is 0 Å². The highest BCUT2D eigenvalue weighted by Crippen LogP contribution is 2.16. The highest BCUT2D eigenvalue weighted by atomic mass is 32.1. The molecule has 0 spiro atoms. The van der Waals surface area contributed by atoms with Crippen molar-refractivity contribution >= 4 is 28.3 Å². The molecule has 0 atom stereocenters. The number of carbonyl (C=O) groups is 1. The number of aryl methyl sites for hydroxylation is 1. The predicted molar refractivity (Wildman–Crippen MR) is 85.8 cm³/mol. The minimum atomic E-state index is -0.00388. The number of aromatic amines is 1. The number of carbonyl (C=O) groups excluding carboxylic acids is 1. The number of rotatable bonds is 5. The predicted octanol–water partition coefficient (Wildman–Crippen LogP) is 3.16. The molecule has 0 aliphatic heterocycles. The Bertz CT molecular complexity index is 727. The molecule has 1 aromatic carbocycles. The molecule has 0 saturated heterocycles. The summed E-state index contributed by atoms with van der Waals surface area (Å²) in [5, 5.41) is 2.94. The van der Waals surface area contributed by atoms with Crippen molar-refractivity contribution in [3.63, 3.8) is 0 Å². The maximum absolute atomic E-state index is 12.0. The number of aromatic nitrogens is 2. The number of H-pyrrole nitrogens is 1. The van der Waals surface area contributed by atoms with Gasteiger partial charge in [0.2, 0.25) is 0 Å². The van der Waals surface area contributed by atoms with Gasteiger partial charge in [0.15, 0.2) is 0 Å². The van der Waals surface area contributed by atoms with Crippen LogP contribution in [0, 0.1) is 0 Å². The summed E-state index contributed by atoms with van der Waals surface area (Å²) in [7, 11) is 0. The van der Waals surface area contributed by atoms with Crippen molar-refractivity contribution in [3.8, 4) is 0 Å². The van der Waals surface area contributed by atoms with Crippen molar-refractivity contribution in [1.29, 1.82) is 0 Å². The summed E-state index contributed by atoms with van der Waals surface area (Å²) < 4.78 is 0. The van der Waals surface area contributed by atoms with E-state index in [9.17, 15) is 4.79 Å². The van der Waals surface area contributed by atoms with Crippen molar-refractivity contribution in [2.45, 2.75) is 19.8 Å². The van der Waals surface area contributed by atoms with Gasteiger partial charge in [-0.05, 0) is 30.7 Å². The molecule has 108 valence electrons. The second-order valence-corrected chi connectivity index (χ2v) is 5.99. The Hall–Kier alpha value is -2.14. The summed E-state index contributed by atoms with van der Waals surface area (Å²) in [5.41, 5.74) is 1.99. The molecule has 0 fully saturated rings. The van der Waals surface area contributed by atoms with Gasteiger partial charge in [-0.2, -0.15) is 0 Å². The molecule has 2 N–H and O–H groups in total. The van der Waals surface area contributed by atoms with Crippen LogP contribution >= 0.6 is 11.3 Å². The zero-order valence-electron chi connectivity index (χ0n) is 11.8. The molecule has 4 nitrogen and oxygen atoms in total. The van der Waals surface area contributed by atoms with Gasteiger partial charge in [0, 0.05) is 17.8 Å². The molecule has 3 aromatic rings. The summed E-state index contributed by atoms with van der Waals surface area (Å²) in [4.78, 5) is 21.8.